The second-order valence-corrected chi connectivity index (χ2v) is 7.06. The van der Waals surface area contributed by atoms with Gasteiger partial charge in [0.2, 0.25) is 0 Å². The van der Waals surface area contributed by atoms with Gasteiger partial charge < -0.3 is 5.32 Å². The first-order chi connectivity index (χ1) is 10.5. The third-order valence-corrected chi connectivity index (χ3v) is 5.22. The van der Waals surface area contributed by atoms with Crippen LogP contribution in [0.15, 0.2) is 28.9 Å². The number of nitrogens with one attached hydrogen (secondary N) is 1. The highest BCUT2D eigenvalue weighted by atomic mass is 79.9. The number of hydrogen-bond acceptors (Lipinski definition) is 4. The van der Waals surface area contributed by atoms with E-state index in [2.05, 4.69) is 37.4 Å². The van der Waals surface area contributed by atoms with E-state index in [0.717, 1.165) is 20.4 Å². The first kappa shape index (κ1) is 15.2. The van der Waals surface area contributed by atoms with Crippen LogP contribution >= 0.6 is 27.3 Å². The molecule has 0 fully saturated rings. The Morgan fingerprint density at radius 2 is 2.18 bits per heavy atom. The van der Waals surface area contributed by atoms with Crippen LogP contribution in [-0.4, -0.2) is 20.7 Å². The minimum atomic E-state index is -0.403. The lowest BCUT2D eigenvalue weighted by Crippen LogP contribution is -2.25. The van der Waals surface area contributed by atoms with Gasteiger partial charge in [-0.15, -0.1) is 0 Å². The van der Waals surface area contributed by atoms with Gasteiger partial charge in [-0.25, -0.2) is 4.98 Å². The molecule has 1 N–H and O–H groups in total. The highest BCUT2D eigenvalue weighted by molar-refractivity contribution is 9.10. The highest BCUT2D eigenvalue weighted by Crippen LogP contribution is 2.27. The van der Waals surface area contributed by atoms with E-state index in [0.29, 0.717) is 5.13 Å². The van der Waals surface area contributed by atoms with Crippen molar-refractivity contribution in [3.05, 3.63) is 40.1 Å². The fourth-order valence-electron chi connectivity index (χ4n) is 2.20. The Kier molecular flexibility index (Phi) is 4.01. The molecule has 5 nitrogen and oxygen atoms in total. The topological polar surface area (TPSA) is 59.8 Å². The number of hydrogen-bond donors (Lipinski definition) is 1. The number of amides is 1. The van der Waals surface area contributed by atoms with E-state index in [4.69, 9.17) is 0 Å². The van der Waals surface area contributed by atoms with Crippen molar-refractivity contribution in [1.29, 1.82) is 0 Å². The molecule has 0 saturated carbocycles. The van der Waals surface area contributed by atoms with Crippen LogP contribution < -0.4 is 5.32 Å². The number of aromatic nitrogens is 3. The highest BCUT2D eigenvalue weighted by Gasteiger charge is 2.19. The fourth-order valence-corrected chi connectivity index (χ4v) is 3.44. The molecule has 1 unspecified atom stereocenters. The summed E-state index contributed by atoms with van der Waals surface area (Å²) < 4.78 is 3.65. The van der Waals surface area contributed by atoms with Gasteiger partial charge in [0, 0.05) is 0 Å². The van der Waals surface area contributed by atoms with E-state index in [1.54, 1.807) is 10.9 Å². The molecule has 0 bridgehead atoms. The SMILES string of the molecule is Cc1ccc2nc(NC(=O)C(C)n3ncc(Br)c3C)sc2c1. The molecule has 22 heavy (non-hydrogen) atoms. The monoisotopic (exact) mass is 378 g/mol. The smallest absolute Gasteiger partial charge is 0.250 e. The molecule has 0 aliphatic rings. The number of aryl methyl sites for hydroxylation is 1. The second-order valence-electron chi connectivity index (χ2n) is 5.18. The second kappa shape index (κ2) is 5.81. The molecule has 1 amide bonds. The van der Waals surface area contributed by atoms with Crippen molar-refractivity contribution in [3.63, 3.8) is 0 Å². The van der Waals surface area contributed by atoms with Crippen molar-refractivity contribution >= 4 is 48.5 Å². The standard InChI is InChI=1S/C15H15BrN4OS/c1-8-4-5-12-13(6-8)22-15(18-12)19-14(21)10(3)20-9(2)11(16)7-17-20/h4-7,10H,1-3H3,(H,18,19,21). The Bertz CT molecular complexity index is 854. The third kappa shape index (κ3) is 2.78. The largest absolute Gasteiger partial charge is 0.300 e. The number of thiazole rings is 1. The van der Waals surface area contributed by atoms with E-state index >= 15 is 0 Å². The van der Waals surface area contributed by atoms with Gasteiger partial charge in [0.05, 0.1) is 26.6 Å². The molecule has 2 heterocycles. The zero-order valence-electron chi connectivity index (χ0n) is 12.4. The maximum Gasteiger partial charge on any atom is 0.250 e. The van der Waals surface area contributed by atoms with Gasteiger partial charge in [-0.1, -0.05) is 17.4 Å². The van der Waals surface area contributed by atoms with E-state index in [9.17, 15) is 4.79 Å². The number of carbonyl (C=O) groups is 1. The number of rotatable bonds is 3. The molecule has 7 heteroatoms. The summed E-state index contributed by atoms with van der Waals surface area (Å²) in [6.07, 6.45) is 1.69. The van der Waals surface area contributed by atoms with Crippen LogP contribution in [0.25, 0.3) is 10.2 Å². The van der Waals surface area contributed by atoms with Gasteiger partial charge in [-0.2, -0.15) is 5.10 Å². The first-order valence-corrected chi connectivity index (χ1v) is 8.44. The summed E-state index contributed by atoms with van der Waals surface area (Å²) in [7, 11) is 0. The quantitative estimate of drug-likeness (QED) is 0.746. The lowest BCUT2D eigenvalue weighted by atomic mass is 10.2. The molecule has 0 aliphatic heterocycles. The number of nitrogens with zero attached hydrogens (tertiary/aromatic N) is 3. The van der Waals surface area contributed by atoms with E-state index in [1.807, 2.05) is 32.9 Å². The molecule has 2 aromatic heterocycles. The summed E-state index contributed by atoms with van der Waals surface area (Å²) in [5, 5.41) is 7.71. The fraction of sp³-hybridized carbons (Fsp3) is 0.267. The maximum absolute atomic E-state index is 12.4. The Hall–Kier alpha value is -1.73. The van der Waals surface area contributed by atoms with Crippen LogP contribution in [0.2, 0.25) is 0 Å². The molecule has 3 aromatic rings. The number of anilines is 1. The van der Waals surface area contributed by atoms with Gasteiger partial charge in [0.15, 0.2) is 5.13 Å². The number of halogens is 1. The summed E-state index contributed by atoms with van der Waals surface area (Å²) in [4.78, 5) is 16.8. The lowest BCUT2D eigenvalue weighted by molar-refractivity contribution is -0.119. The number of carbonyl (C=O) groups excluding carboxylic acids is 1. The van der Waals surface area contributed by atoms with E-state index in [-0.39, 0.29) is 5.91 Å². The van der Waals surface area contributed by atoms with Crippen molar-refractivity contribution in [2.24, 2.45) is 0 Å². The van der Waals surface area contributed by atoms with Crippen molar-refractivity contribution in [1.82, 2.24) is 14.8 Å². The lowest BCUT2D eigenvalue weighted by Gasteiger charge is -2.13. The molecular formula is C15H15BrN4OS. The number of fused-ring (bicyclic) bond motifs is 1. The van der Waals surface area contributed by atoms with Crippen LogP contribution in [0, 0.1) is 13.8 Å². The van der Waals surface area contributed by atoms with Gasteiger partial charge in [0.25, 0.3) is 5.91 Å². The maximum atomic E-state index is 12.4. The van der Waals surface area contributed by atoms with Crippen LogP contribution in [0.5, 0.6) is 0 Å². The average molecular weight is 379 g/mol. The summed E-state index contributed by atoms with van der Waals surface area (Å²) in [5.74, 6) is -0.130. The minimum Gasteiger partial charge on any atom is -0.300 e. The van der Waals surface area contributed by atoms with Crippen molar-refractivity contribution in [3.8, 4) is 0 Å². The molecular weight excluding hydrogens is 364 g/mol. The molecule has 0 radical (unpaired) electrons. The van der Waals surface area contributed by atoms with Gasteiger partial charge in [-0.3, -0.25) is 9.48 Å². The van der Waals surface area contributed by atoms with Crippen molar-refractivity contribution in [2.75, 3.05) is 5.32 Å². The minimum absolute atomic E-state index is 0.130. The van der Waals surface area contributed by atoms with Gasteiger partial charge in [-0.05, 0) is 54.4 Å². The summed E-state index contributed by atoms with van der Waals surface area (Å²) >= 11 is 4.88. The Morgan fingerprint density at radius 3 is 2.86 bits per heavy atom. The summed E-state index contributed by atoms with van der Waals surface area (Å²) in [5.41, 5.74) is 3.00. The summed E-state index contributed by atoms with van der Waals surface area (Å²) in [6, 6.07) is 5.65. The third-order valence-electron chi connectivity index (χ3n) is 3.51. The summed E-state index contributed by atoms with van der Waals surface area (Å²) in [6.45, 7) is 5.78. The van der Waals surface area contributed by atoms with Crippen LogP contribution in [0.3, 0.4) is 0 Å². The van der Waals surface area contributed by atoms with Crippen molar-refractivity contribution < 1.29 is 4.79 Å². The zero-order chi connectivity index (χ0) is 15.9. The number of benzene rings is 1. The zero-order valence-corrected chi connectivity index (χ0v) is 14.8. The van der Waals surface area contributed by atoms with Crippen LogP contribution in [0.4, 0.5) is 5.13 Å². The Labute approximate surface area is 140 Å². The van der Waals surface area contributed by atoms with E-state index < -0.39 is 6.04 Å². The van der Waals surface area contributed by atoms with Crippen LogP contribution in [-0.2, 0) is 4.79 Å². The predicted octanol–water partition coefficient (Wildman–Crippen LogP) is 4.07. The molecule has 114 valence electrons. The van der Waals surface area contributed by atoms with E-state index in [1.165, 1.54) is 16.9 Å². The molecule has 0 spiro atoms. The molecule has 1 atom stereocenters. The Balaban J connectivity index is 1.81. The first-order valence-electron chi connectivity index (χ1n) is 6.83. The molecule has 1 aromatic carbocycles. The Morgan fingerprint density at radius 1 is 1.41 bits per heavy atom. The molecule has 0 saturated heterocycles. The van der Waals surface area contributed by atoms with Gasteiger partial charge in [0.1, 0.15) is 6.04 Å². The molecule has 3 rings (SSSR count). The van der Waals surface area contributed by atoms with Crippen LogP contribution in [0.1, 0.15) is 24.2 Å². The normalized spacial score (nSPS) is 12.5. The average Bonchev–Trinajstić information content (AvgIpc) is 3.01. The molecule has 0 aliphatic carbocycles. The van der Waals surface area contributed by atoms with Crippen molar-refractivity contribution in [2.45, 2.75) is 26.8 Å². The predicted molar refractivity (Wildman–Crippen MR) is 92.4 cm³/mol. The van der Waals surface area contributed by atoms with Gasteiger partial charge >= 0.3 is 0 Å².